The van der Waals surface area contributed by atoms with Crippen molar-refractivity contribution in [1.82, 2.24) is 0 Å². The molecule has 62 valence electrons. The van der Waals surface area contributed by atoms with Crippen molar-refractivity contribution in [2.24, 2.45) is 5.73 Å². The Morgan fingerprint density at radius 1 is 1.58 bits per heavy atom. The highest BCUT2D eigenvalue weighted by atomic mass is 16.3. The van der Waals surface area contributed by atoms with E-state index in [-0.39, 0.29) is 11.3 Å². The number of rotatable bonds is 1. The molecule has 0 bridgehead atoms. The van der Waals surface area contributed by atoms with Gasteiger partial charge in [0.05, 0.1) is 0 Å². The van der Waals surface area contributed by atoms with Gasteiger partial charge >= 0.3 is 0 Å². The fraction of sp³-hybridized carbons (Fsp3) is 0.250. The first-order valence-electron chi connectivity index (χ1n) is 3.37. The van der Waals surface area contributed by atoms with Gasteiger partial charge in [-0.15, -0.1) is 0 Å². The van der Waals surface area contributed by atoms with Crippen molar-refractivity contribution in [3.05, 3.63) is 22.6 Å². The molecule has 0 saturated heterocycles. The number of furan rings is 1. The van der Waals surface area contributed by atoms with E-state index in [0.717, 1.165) is 0 Å². The Balaban J connectivity index is 3.42. The van der Waals surface area contributed by atoms with Gasteiger partial charge < -0.3 is 10.2 Å². The van der Waals surface area contributed by atoms with Crippen LogP contribution in [0.25, 0.3) is 0 Å². The van der Waals surface area contributed by atoms with Gasteiger partial charge in [0.2, 0.25) is 5.76 Å². The van der Waals surface area contributed by atoms with E-state index in [1.807, 2.05) is 6.07 Å². The molecule has 2 N–H and O–H groups in total. The maximum atomic E-state index is 10.7. The zero-order chi connectivity index (χ0) is 9.30. The highest BCUT2D eigenvalue weighted by Crippen LogP contribution is 2.19. The average Bonchev–Trinajstić information content (AvgIpc) is 2.29. The Morgan fingerprint density at radius 3 is 2.50 bits per heavy atom. The van der Waals surface area contributed by atoms with Crippen molar-refractivity contribution in [2.45, 2.75) is 13.8 Å². The smallest absolute Gasteiger partial charge is 0.285 e. The Hall–Kier alpha value is -1.76. The van der Waals surface area contributed by atoms with Crippen LogP contribution >= 0.6 is 0 Å². The molecule has 1 heterocycles. The van der Waals surface area contributed by atoms with E-state index in [2.05, 4.69) is 0 Å². The van der Waals surface area contributed by atoms with Crippen molar-refractivity contribution in [2.75, 3.05) is 0 Å². The zero-order valence-corrected chi connectivity index (χ0v) is 6.84. The van der Waals surface area contributed by atoms with Crippen LogP contribution in [0.15, 0.2) is 4.42 Å². The molecule has 0 aromatic carbocycles. The van der Waals surface area contributed by atoms with Crippen LogP contribution in [0.2, 0.25) is 0 Å². The van der Waals surface area contributed by atoms with Crippen LogP contribution in [0.1, 0.15) is 27.4 Å². The average molecular weight is 164 g/mol. The fourth-order valence-corrected chi connectivity index (χ4v) is 0.935. The van der Waals surface area contributed by atoms with E-state index in [1.54, 1.807) is 13.8 Å². The topological polar surface area (TPSA) is 80.0 Å². The highest BCUT2D eigenvalue weighted by Gasteiger charge is 2.17. The first-order valence-corrected chi connectivity index (χ1v) is 3.37. The number of nitrogens with two attached hydrogens (primary N) is 1. The van der Waals surface area contributed by atoms with Gasteiger partial charge in [0.15, 0.2) is 0 Å². The van der Waals surface area contributed by atoms with Crippen molar-refractivity contribution in [3.63, 3.8) is 0 Å². The molecule has 1 rings (SSSR count). The molecule has 0 saturated carbocycles. The van der Waals surface area contributed by atoms with Crippen molar-refractivity contribution >= 4 is 5.91 Å². The van der Waals surface area contributed by atoms with E-state index < -0.39 is 5.91 Å². The lowest BCUT2D eigenvalue weighted by molar-refractivity contribution is 0.0972. The Bertz CT molecular complexity index is 371. The second kappa shape index (κ2) is 2.70. The summed E-state index contributed by atoms with van der Waals surface area (Å²) in [5.41, 5.74) is 5.90. The van der Waals surface area contributed by atoms with Crippen LogP contribution in [0, 0.1) is 25.2 Å². The minimum absolute atomic E-state index is 0.0486. The summed E-state index contributed by atoms with van der Waals surface area (Å²) in [5, 5.41) is 8.64. The molecule has 0 unspecified atom stereocenters. The van der Waals surface area contributed by atoms with Gasteiger partial charge in [-0.25, -0.2) is 0 Å². The van der Waals surface area contributed by atoms with Crippen molar-refractivity contribution < 1.29 is 9.21 Å². The van der Waals surface area contributed by atoms with Gasteiger partial charge in [0.1, 0.15) is 17.4 Å². The first kappa shape index (κ1) is 8.34. The van der Waals surface area contributed by atoms with Gasteiger partial charge in [-0.3, -0.25) is 4.79 Å². The largest absolute Gasteiger partial charge is 0.454 e. The molecule has 0 fully saturated rings. The fourth-order valence-electron chi connectivity index (χ4n) is 0.935. The quantitative estimate of drug-likeness (QED) is 0.668. The normalized spacial score (nSPS) is 9.42. The monoisotopic (exact) mass is 164 g/mol. The summed E-state index contributed by atoms with van der Waals surface area (Å²) < 4.78 is 5.00. The lowest BCUT2D eigenvalue weighted by atomic mass is 10.1. The number of primary amides is 1. The van der Waals surface area contributed by atoms with Crippen LogP contribution in [-0.4, -0.2) is 5.91 Å². The standard InChI is InChI=1S/C8H8N2O2/c1-4-5(2)12-7(8(10)11)6(4)3-9/h1-2H3,(H2,10,11). The van der Waals surface area contributed by atoms with Gasteiger partial charge in [-0.1, -0.05) is 0 Å². The number of nitriles is 1. The third-order valence-corrected chi connectivity index (χ3v) is 1.72. The highest BCUT2D eigenvalue weighted by molar-refractivity contribution is 5.93. The molecule has 0 atom stereocenters. The Morgan fingerprint density at radius 2 is 2.17 bits per heavy atom. The Kier molecular flexibility index (Phi) is 1.88. The molecule has 0 aliphatic rings. The molecular weight excluding hydrogens is 156 g/mol. The van der Waals surface area contributed by atoms with Crippen LogP contribution in [0.5, 0.6) is 0 Å². The maximum absolute atomic E-state index is 10.7. The number of hydrogen-bond acceptors (Lipinski definition) is 3. The molecule has 4 heteroatoms. The first-order chi connectivity index (χ1) is 5.57. The van der Waals surface area contributed by atoms with Crippen molar-refractivity contribution in [1.29, 1.82) is 5.26 Å². The van der Waals surface area contributed by atoms with Crippen LogP contribution in [-0.2, 0) is 0 Å². The zero-order valence-electron chi connectivity index (χ0n) is 6.84. The molecule has 0 aliphatic carbocycles. The van der Waals surface area contributed by atoms with E-state index in [4.69, 9.17) is 15.4 Å². The van der Waals surface area contributed by atoms with E-state index in [9.17, 15) is 4.79 Å². The molecule has 0 spiro atoms. The number of amides is 1. The van der Waals surface area contributed by atoms with Gasteiger partial charge in [-0.05, 0) is 13.8 Å². The summed E-state index contributed by atoms with van der Waals surface area (Å²) in [6.45, 7) is 3.40. The predicted molar refractivity (Wildman–Crippen MR) is 41.4 cm³/mol. The van der Waals surface area contributed by atoms with Crippen molar-refractivity contribution in [3.8, 4) is 6.07 Å². The summed E-state index contributed by atoms with van der Waals surface area (Å²) in [5.74, 6) is -0.199. The van der Waals surface area contributed by atoms with E-state index in [1.165, 1.54) is 0 Å². The van der Waals surface area contributed by atoms with Crippen LogP contribution in [0.3, 0.4) is 0 Å². The summed E-state index contributed by atoms with van der Waals surface area (Å²) in [6, 6.07) is 1.87. The van der Waals surface area contributed by atoms with Gasteiger partial charge in [0, 0.05) is 5.56 Å². The molecular formula is C8H8N2O2. The van der Waals surface area contributed by atoms with E-state index in [0.29, 0.717) is 11.3 Å². The predicted octanol–water partition coefficient (Wildman–Crippen LogP) is 0.867. The van der Waals surface area contributed by atoms with Crippen LogP contribution < -0.4 is 5.73 Å². The SMILES string of the molecule is Cc1oc(C(N)=O)c(C#N)c1C. The van der Waals surface area contributed by atoms with E-state index >= 15 is 0 Å². The minimum Gasteiger partial charge on any atom is -0.454 e. The molecule has 0 radical (unpaired) electrons. The molecule has 1 amide bonds. The van der Waals surface area contributed by atoms with Gasteiger partial charge in [-0.2, -0.15) is 5.26 Å². The summed E-state index contributed by atoms with van der Waals surface area (Å²) in [7, 11) is 0. The molecule has 12 heavy (non-hydrogen) atoms. The molecule has 0 aliphatic heterocycles. The van der Waals surface area contributed by atoms with Crippen LogP contribution in [0.4, 0.5) is 0 Å². The molecule has 1 aromatic heterocycles. The lowest BCUT2D eigenvalue weighted by Crippen LogP contribution is -2.11. The van der Waals surface area contributed by atoms with Gasteiger partial charge in [0.25, 0.3) is 5.91 Å². The Labute approximate surface area is 69.6 Å². The number of hydrogen-bond donors (Lipinski definition) is 1. The number of carbonyl (C=O) groups excluding carboxylic acids is 1. The second-order valence-corrected chi connectivity index (χ2v) is 2.46. The lowest BCUT2D eigenvalue weighted by Gasteiger charge is -1.86. The summed E-state index contributed by atoms with van der Waals surface area (Å²) in [4.78, 5) is 10.7. The summed E-state index contributed by atoms with van der Waals surface area (Å²) >= 11 is 0. The number of carbonyl (C=O) groups is 1. The summed E-state index contributed by atoms with van der Waals surface area (Å²) in [6.07, 6.45) is 0. The second-order valence-electron chi connectivity index (χ2n) is 2.46. The number of nitrogens with zero attached hydrogens (tertiary/aromatic N) is 1. The third kappa shape index (κ3) is 1.05. The number of aryl methyl sites for hydroxylation is 1. The maximum Gasteiger partial charge on any atom is 0.285 e. The third-order valence-electron chi connectivity index (χ3n) is 1.72. The molecule has 1 aromatic rings. The molecule has 4 nitrogen and oxygen atoms in total. The minimum atomic E-state index is -0.706.